The van der Waals surface area contributed by atoms with Crippen LogP contribution >= 0.6 is 23.2 Å². The number of carbonyl (C=O) groups is 3. The standard InChI is InChI=1S/C25H31Cl2N5O3/c1-31(2)12-13-32(3)25(35)17-6-4-16(5-7-17)23(33)29-21-10-8-18(26)14-20(21)24(34)30-22-11-9-19(27)15-28-22/h8-11,14-17H,4-7,12-13H2,1-3H3,(H,29,33)(H,28,30,34). The topological polar surface area (TPSA) is 94.6 Å². The van der Waals surface area contributed by atoms with E-state index in [4.69, 9.17) is 23.2 Å². The molecule has 10 heteroatoms. The lowest BCUT2D eigenvalue weighted by Gasteiger charge is -2.30. The first-order valence-corrected chi connectivity index (χ1v) is 12.3. The minimum absolute atomic E-state index is 0.0602. The summed E-state index contributed by atoms with van der Waals surface area (Å²) in [6, 6.07) is 7.93. The summed E-state index contributed by atoms with van der Waals surface area (Å²) >= 11 is 12.0. The number of halogens is 2. The van der Waals surface area contributed by atoms with Gasteiger partial charge in [0.15, 0.2) is 0 Å². The van der Waals surface area contributed by atoms with Gasteiger partial charge in [-0.1, -0.05) is 23.2 Å². The van der Waals surface area contributed by atoms with Crippen molar-refractivity contribution in [3.05, 3.63) is 52.1 Å². The number of rotatable bonds is 8. The molecule has 2 N–H and O–H groups in total. The van der Waals surface area contributed by atoms with Gasteiger partial charge in [-0.15, -0.1) is 0 Å². The van der Waals surface area contributed by atoms with Crippen LogP contribution in [0.5, 0.6) is 0 Å². The molecule has 0 bridgehead atoms. The molecule has 2 aromatic rings. The molecule has 0 aliphatic heterocycles. The van der Waals surface area contributed by atoms with Gasteiger partial charge in [0.25, 0.3) is 5.91 Å². The van der Waals surface area contributed by atoms with Crippen molar-refractivity contribution in [2.45, 2.75) is 25.7 Å². The van der Waals surface area contributed by atoms with Crippen molar-refractivity contribution >= 4 is 52.4 Å². The molecule has 0 saturated heterocycles. The number of hydrogen-bond acceptors (Lipinski definition) is 5. The second-order valence-corrected chi connectivity index (χ2v) is 9.98. The highest BCUT2D eigenvalue weighted by Gasteiger charge is 2.31. The molecule has 0 spiro atoms. The molecule has 0 radical (unpaired) electrons. The smallest absolute Gasteiger partial charge is 0.258 e. The summed E-state index contributed by atoms with van der Waals surface area (Å²) in [4.78, 5) is 46.5. The van der Waals surface area contributed by atoms with Gasteiger partial charge in [0, 0.05) is 43.2 Å². The number of hydrogen-bond donors (Lipinski definition) is 2. The molecular weight excluding hydrogens is 489 g/mol. The van der Waals surface area contributed by atoms with Crippen molar-refractivity contribution in [3.63, 3.8) is 0 Å². The summed E-state index contributed by atoms with van der Waals surface area (Å²) in [5.41, 5.74) is 0.599. The van der Waals surface area contributed by atoms with E-state index in [1.165, 1.54) is 12.3 Å². The molecule has 1 saturated carbocycles. The summed E-state index contributed by atoms with van der Waals surface area (Å²) in [5, 5.41) is 6.39. The minimum atomic E-state index is -0.451. The molecule has 1 aliphatic rings. The van der Waals surface area contributed by atoms with Crippen LogP contribution in [0, 0.1) is 11.8 Å². The van der Waals surface area contributed by atoms with Gasteiger partial charge in [-0.25, -0.2) is 4.98 Å². The van der Waals surface area contributed by atoms with Crippen molar-refractivity contribution in [1.82, 2.24) is 14.8 Å². The number of benzene rings is 1. The van der Waals surface area contributed by atoms with Crippen molar-refractivity contribution in [3.8, 4) is 0 Å². The molecule has 0 atom stereocenters. The number of anilines is 2. The third-order valence-electron chi connectivity index (χ3n) is 6.16. The Bertz CT molecular complexity index is 1050. The summed E-state index contributed by atoms with van der Waals surface area (Å²) in [5.74, 6) is -0.440. The molecule has 1 aromatic carbocycles. The highest BCUT2D eigenvalue weighted by molar-refractivity contribution is 6.31. The largest absolute Gasteiger partial charge is 0.344 e. The van der Waals surface area contributed by atoms with Gasteiger partial charge < -0.3 is 20.4 Å². The van der Waals surface area contributed by atoms with Crippen molar-refractivity contribution < 1.29 is 14.4 Å². The Morgan fingerprint density at radius 2 is 1.57 bits per heavy atom. The van der Waals surface area contributed by atoms with E-state index in [-0.39, 0.29) is 29.2 Å². The van der Waals surface area contributed by atoms with Crippen LogP contribution in [0.2, 0.25) is 10.0 Å². The van der Waals surface area contributed by atoms with Gasteiger partial charge in [-0.3, -0.25) is 14.4 Å². The van der Waals surface area contributed by atoms with Crippen LogP contribution in [-0.2, 0) is 9.59 Å². The Hall–Kier alpha value is -2.68. The van der Waals surface area contributed by atoms with Crippen LogP contribution < -0.4 is 10.6 Å². The van der Waals surface area contributed by atoms with E-state index >= 15 is 0 Å². The van der Waals surface area contributed by atoms with Crippen LogP contribution in [0.4, 0.5) is 11.5 Å². The Morgan fingerprint density at radius 1 is 0.914 bits per heavy atom. The molecule has 1 aliphatic carbocycles. The molecule has 3 amide bonds. The van der Waals surface area contributed by atoms with E-state index in [0.717, 1.165) is 6.54 Å². The van der Waals surface area contributed by atoms with E-state index in [2.05, 4.69) is 15.6 Å². The average molecular weight is 520 g/mol. The average Bonchev–Trinajstić information content (AvgIpc) is 2.84. The van der Waals surface area contributed by atoms with Crippen LogP contribution in [0.15, 0.2) is 36.5 Å². The molecule has 8 nitrogen and oxygen atoms in total. The van der Waals surface area contributed by atoms with Gasteiger partial charge in [-0.05, 0) is 70.1 Å². The predicted octanol–water partition coefficient (Wildman–Crippen LogP) is 4.41. The highest BCUT2D eigenvalue weighted by atomic mass is 35.5. The number of amides is 3. The number of nitrogens with zero attached hydrogens (tertiary/aromatic N) is 3. The SMILES string of the molecule is CN(C)CCN(C)C(=O)C1CCC(C(=O)Nc2ccc(Cl)cc2C(=O)Nc2ccc(Cl)cn2)CC1. The Labute approximate surface area is 216 Å². The third-order valence-corrected chi connectivity index (χ3v) is 6.62. The van der Waals surface area contributed by atoms with Crippen LogP contribution in [0.3, 0.4) is 0 Å². The Kier molecular flexibility index (Phi) is 9.48. The molecule has 0 unspecified atom stereocenters. The lowest BCUT2D eigenvalue weighted by atomic mass is 9.81. The lowest BCUT2D eigenvalue weighted by molar-refractivity contribution is -0.136. The minimum Gasteiger partial charge on any atom is -0.344 e. The summed E-state index contributed by atoms with van der Waals surface area (Å²) in [7, 11) is 5.79. The number of pyridine rings is 1. The second kappa shape index (κ2) is 12.3. The Balaban J connectivity index is 1.60. The zero-order valence-corrected chi connectivity index (χ0v) is 21.7. The van der Waals surface area contributed by atoms with E-state index in [9.17, 15) is 14.4 Å². The maximum Gasteiger partial charge on any atom is 0.258 e. The maximum absolute atomic E-state index is 13.0. The van der Waals surface area contributed by atoms with Gasteiger partial charge in [-0.2, -0.15) is 0 Å². The number of nitrogens with one attached hydrogen (secondary N) is 2. The Morgan fingerprint density at radius 3 is 2.20 bits per heavy atom. The van der Waals surface area contributed by atoms with E-state index in [1.54, 1.807) is 29.2 Å². The third kappa shape index (κ3) is 7.65. The maximum atomic E-state index is 13.0. The second-order valence-electron chi connectivity index (χ2n) is 9.11. The number of carbonyl (C=O) groups excluding carboxylic acids is 3. The zero-order valence-electron chi connectivity index (χ0n) is 20.2. The molecular formula is C25H31Cl2N5O3. The first kappa shape index (κ1) is 26.9. The van der Waals surface area contributed by atoms with Crippen LogP contribution in [0.25, 0.3) is 0 Å². The predicted molar refractivity (Wildman–Crippen MR) is 139 cm³/mol. The fraction of sp³-hybridized carbons (Fsp3) is 0.440. The molecule has 1 heterocycles. The lowest BCUT2D eigenvalue weighted by Crippen LogP contribution is -2.39. The van der Waals surface area contributed by atoms with Gasteiger partial charge in [0.1, 0.15) is 5.82 Å². The van der Waals surface area contributed by atoms with E-state index < -0.39 is 5.91 Å². The normalized spacial score (nSPS) is 17.7. The zero-order chi connectivity index (χ0) is 25.5. The summed E-state index contributed by atoms with van der Waals surface area (Å²) in [6.45, 7) is 1.49. The van der Waals surface area contributed by atoms with Crippen molar-refractivity contribution in [2.75, 3.05) is 44.9 Å². The quantitative estimate of drug-likeness (QED) is 0.538. The van der Waals surface area contributed by atoms with Crippen molar-refractivity contribution in [1.29, 1.82) is 0 Å². The van der Waals surface area contributed by atoms with Gasteiger partial charge in [0.05, 0.1) is 16.3 Å². The highest BCUT2D eigenvalue weighted by Crippen LogP contribution is 2.31. The first-order chi connectivity index (χ1) is 16.6. The molecule has 1 aromatic heterocycles. The van der Waals surface area contributed by atoms with Gasteiger partial charge >= 0.3 is 0 Å². The van der Waals surface area contributed by atoms with E-state index in [0.29, 0.717) is 53.8 Å². The number of likely N-dealkylation sites (N-methyl/N-ethyl adjacent to an activating group) is 2. The van der Waals surface area contributed by atoms with E-state index in [1.807, 2.05) is 26.0 Å². The summed E-state index contributed by atoms with van der Waals surface area (Å²) < 4.78 is 0. The monoisotopic (exact) mass is 519 g/mol. The molecule has 188 valence electrons. The first-order valence-electron chi connectivity index (χ1n) is 11.6. The van der Waals surface area contributed by atoms with Crippen LogP contribution in [-0.4, -0.2) is 66.7 Å². The fourth-order valence-corrected chi connectivity index (χ4v) is 4.34. The van der Waals surface area contributed by atoms with Crippen LogP contribution in [0.1, 0.15) is 36.0 Å². The van der Waals surface area contributed by atoms with Crippen molar-refractivity contribution in [2.24, 2.45) is 11.8 Å². The molecule has 3 rings (SSSR count). The summed E-state index contributed by atoms with van der Waals surface area (Å²) in [6.07, 6.45) is 4.00. The van der Waals surface area contributed by atoms with Gasteiger partial charge in [0.2, 0.25) is 11.8 Å². The molecule has 1 fully saturated rings. The fourth-order valence-electron chi connectivity index (χ4n) is 4.06. The number of aromatic nitrogens is 1. The molecule has 35 heavy (non-hydrogen) atoms.